The van der Waals surface area contributed by atoms with E-state index in [9.17, 15) is 0 Å². The Kier molecular flexibility index (Phi) is 6.65. The van der Waals surface area contributed by atoms with Crippen molar-refractivity contribution in [1.82, 2.24) is 14.8 Å². The lowest BCUT2D eigenvalue weighted by Crippen LogP contribution is -2.23. The van der Waals surface area contributed by atoms with Crippen LogP contribution >= 0.6 is 0 Å². The predicted octanol–water partition coefficient (Wildman–Crippen LogP) is 1.17. The van der Waals surface area contributed by atoms with Crippen molar-refractivity contribution in [2.24, 2.45) is 10.3 Å². The lowest BCUT2D eigenvalue weighted by molar-refractivity contribution is 0.141. The molecule has 0 aromatic carbocycles. The van der Waals surface area contributed by atoms with E-state index in [0.717, 1.165) is 12.8 Å². The van der Waals surface area contributed by atoms with Gasteiger partial charge < -0.3 is 9.68 Å². The van der Waals surface area contributed by atoms with E-state index in [0.29, 0.717) is 13.2 Å². The zero-order valence-corrected chi connectivity index (χ0v) is 11.0. The monoisotopic (exact) mass is 264 g/mol. The van der Waals surface area contributed by atoms with Crippen molar-refractivity contribution >= 4 is 11.5 Å². The molecule has 0 unspecified atom stereocenters. The molecule has 0 spiro atoms. The van der Waals surface area contributed by atoms with E-state index in [1.807, 2.05) is 19.9 Å². The van der Waals surface area contributed by atoms with Gasteiger partial charge in [-0.2, -0.15) is 15.0 Å². The summed E-state index contributed by atoms with van der Waals surface area (Å²) in [6.45, 7) is 4.75. The Morgan fingerprint density at radius 1 is 1.26 bits per heavy atom. The van der Waals surface area contributed by atoms with E-state index >= 15 is 0 Å². The Hall–Kier alpha value is -2.43. The molecule has 19 heavy (non-hydrogen) atoms. The van der Waals surface area contributed by atoms with Gasteiger partial charge in [0.1, 0.15) is 31.9 Å². The van der Waals surface area contributed by atoms with Gasteiger partial charge in [0, 0.05) is 0 Å². The van der Waals surface area contributed by atoms with E-state index in [1.54, 1.807) is 0 Å². The lowest BCUT2D eigenvalue weighted by atomic mass is 10.4. The van der Waals surface area contributed by atoms with Gasteiger partial charge in [-0.05, 0) is 12.8 Å². The number of nitriles is 1. The van der Waals surface area contributed by atoms with Crippen LogP contribution in [-0.4, -0.2) is 39.5 Å². The molecule has 8 nitrogen and oxygen atoms in total. The number of oxime groups is 2. The van der Waals surface area contributed by atoms with Crippen LogP contribution in [-0.2, 0) is 9.68 Å². The molecule has 1 aromatic rings. The topological polar surface area (TPSA) is 97.7 Å². The SMILES string of the molecule is CCCON=C(C#N)C(=NOCCC)n1cncn1. The van der Waals surface area contributed by atoms with Crippen molar-refractivity contribution in [1.29, 1.82) is 5.26 Å². The van der Waals surface area contributed by atoms with Gasteiger partial charge in [-0.15, -0.1) is 0 Å². The van der Waals surface area contributed by atoms with Crippen molar-refractivity contribution in [2.75, 3.05) is 13.2 Å². The second-order valence-electron chi connectivity index (χ2n) is 3.47. The molecule has 0 amide bonds. The molecule has 0 radical (unpaired) electrons. The zero-order chi connectivity index (χ0) is 13.9. The highest BCUT2D eigenvalue weighted by atomic mass is 16.6. The summed E-state index contributed by atoms with van der Waals surface area (Å²) in [7, 11) is 0. The van der Waals surface area contributed by atoms with E-state index in [-0.39, 0.29) is 11.5 Å². The summed E-state index contributed by atoms with van der Waals surface area (Å²) in [6, 6.07) is 1.90. The average Bonchev–Trinajstić information content (AvgIpc) is 2.95. The molecule has 0 fully saturated rings. The number of hydrogen-bond acceptors (Lipinski definition) is 7. The Labute approximate surface area is 111 Å². The molecule has 1 aromatic heterocycles. The molecule has 0 aliphatic rings. The summed E-state index contributed by atoms with van der Waals surface area (Å²) in [5.74, 6) is 0.143. The normalized spacial score (nSPS) is 12.1. The van der Waals surface area contributed by atoms with Crippen molar-refractivity contribution in [3.05, 3.63) is 12.7 Å². The van der Waals surface area contributed by atoms with Crippen LogP contribution in [0.4, 0.5) is 0 Å². The molecule has 0 atom stereocenters. The molecule has 8 heteroatoms. The van der Waals surface area contributed by atoms with Crippen molar-refractivity contribution < 1.29 is 9.68 Å². The van der Waals surface area contributed by atoms with Gasteiger partial charge >= 0.3 is 0 Å². The van der Waals surface area contributed by atoms with Gasteiger partial charge in [0.15, 0.2) is 0 Å². The van der Waals surface area contributed by atoms with Crippen LogP contribution in [0.5, 0.6) is 0 Å². The minimum Gasteiger partial charge on any atom is -0.395 e. The average molecular weight is 264 g/mol. The third-order valence-corrected chi connectivity index (χ3v) is 1.85. The Balaban J connectivity index is 2.91. The van der Waals surface area contributed by atoms with Crippen LogP contribution in [0.3, 0.4) is 0 Å². The first-order chi connectivity index (χ1) is 9.33. The van der Waals surface area contributed by atoms with Gasteiger partial charge in [0.05, 0.1) is 0 Å². The number of rotatable bonds is 7. The largest absolute Gasteiger partial charge is 0.395 e. The summed E-state index contributed by atoms with van der Waals surface area (Å²) in [6.07, 6.45) is 4.34. The fourth-order valence-electron chi connectivity index (χ4n) is 1.02. The molecule has 0 aliphatic carbocycles. The van der Waals surface area contributed by atoms with Crippen molar-refractivity contribution in [3.8, 4) is 6.07 Å². The fraction of sp³-hybridized carbons (Fsp3) is 0.545. The highest BCUT2D eigenvalue weighted by Crippen LogP contribution is 1.94. The summed E-state index contributed by atoms with van der Waals surface area (Å²) in [5.41, 5.74) is -0.0185. The maximum absolute atomic E-state index is 9.09. The number of nitrogens with zero attached hydrogens (tertiary/aromatic N) is 6. The second kappa shape index (κ2) is 8.63. The van der Waals surface area contributed by atoms with E-state index < -0.39 is 0 Å². The third kappa shape index (κ3) is 4.75. The smallest absolute Gasteiger partial charge is 0.234 e. The molecular weight excluding hydrogens is 248 g/mol. The Morgan fingerprint density at radius 2 is 1.95 bits per heavy atom. The first kappa shape index (κ1) is 14.6. The summed E-state index contributed by atoms with van der Waals surface area (Å²) >= 11 is 0. The van der Waals surface area contributed by atoms with E-state index in [4.69, 9.17) is 14.9 Å². The molecule has 102 valence electrons. The van der Waals surface area contributed by atoms with Crippen LogP contribution in [0, 0.1) is 11.3 Å². The first-order valence-corrected chi connectivity index (χ1v) is 5.98. The number of hydrogen-bond donors (Lipinski definition) is 0. The highest BCUT2D eigenvalue weighted by molar-refractivity contribution is 6.47. The molecular formula is C11H16N6O2. The minimum atomic E-state index is -0.0185. The van der Waals surface area contributed by atoms with Crippen LogP contribution in [0.25, 0.3) is 0 Å². The molecule has 0 saturated heterocycles. The second-order valence-corrected chi connectivity index (χ2v) is 3.47. The van der Waals surface area contributed by atoms with E-state index in [2.05, 4.69) is 20.4 Å². The Morgan fingerprint density at radius 3 is 2.47 bits per heavy atom. The molecule has 1 rings (SSSR count). The van der Waals surface area contributed by atoms with Gasteiger partial charge in [-0.25, -0.2) is 4.98 Å². The summed E-state index contributed by atoms with van der Waals surface area (Å²) in [5, 5.41) is 20.6. The molecule has 0 N–H and O–H groups in total. The summed E-state index contributed by atoms with van der Waals surface area (Å²) < 4.78 is 1.30. The Bertz CT molecular complexity index is 460. The fourth-order valence-corrected chi connectivity index (χ4v) is 1.02. The third-order valence-electron chi connectivity index (χ3n) is 1.85. The first-order valence-electron chi connectivity index (χ1n) is 5.98. The van der Waals surface area contributed by atoms with Crippen LogP contribution < -0.4 is 0 Å². The van der Waals surface area contributed by atoms with Gasteiger partial charge in [-0.3, -0.25) is 0 Å². The maximum atomic E-state index is 9.09. The predicted molar refractivity (Wildman–Crippen MR) is 68.4 cm³/mol. The minimum absolute atomic E-state index is 0.0185. The van der Waals surface area contributed by atoms with Crippen LogP contribution in [0.2, 0.25) is 0 Å². The van der Waals surface area contributed by atoms with Gasteiger partial charge in [0.2, 0.25) is 11.5 Å². The van der Waals surface area contributed by atoms with Crippen LogP contribution in [0.15, 0.2) is 23.0 Å². The standard InChI is InChI=1S/C11H16N6O2/c1-3-5-18-15-10(7-12)11(16-19-6-4-2)17-9-13-8-14-17/h8-9H,3-6H2,1-2H3. The van der Waals surface area contributed by atoms with Crippen molar-refractivity contribution in [2.45, 2.75) is 26.7 Å². The maximum Gasteiger partial charge on any atom is 0.234 e. The van der Waals surface area contributed by atoms with Gasteiger partial charge in [0.25, 0.3) is 0 Å². The number of aromatic nitrogens is 3. The lowest BCUT2D eigenvalue weighted by Gasteiger charge is -2.03. The highest BCUT2D eigenvalue weighted by Gasteiger charge is 2.14. The molecule has 0 aliphatic heterocycles. The molecule has 0 saturated carbocycles. The van der Waals surface area contributed by atoms with Crippen molar-refractivity contribution in [3.63, 3.8) is 0 Å². The van der Waals surface area contributed by atoms with E-state index in [1.165, 1.54) is 17.3 Å². The van der Waals surface area contributed by atoms with Crippen LogP contribution in [0.1, 0.15) is 26.7 Å². The molecule has 0 bridgehead atoms. The zero-order valence-electron chi connectivity index (χ0n) is 11.0. The summed E-state index contributed by atoms with van der Waals surface area (Å²) in [4.78, 5) is 13.9. The quantitative estimate of drug-likeness (QED) is 0.318. The van der Waals surface area contributed by atoms with Gasteiger partial charge in [-0.1, -0.05) is 24.2 Å². The molecule has 1 heterocycles.